The van der Waals surface area contributed by atoms with Crippen molar-refractivity contribution in [3.8, 4) is 0 Å². The van der Waals surface area contributed by atoms with Gasteiger partial charge in [-0.2, -0.15) is 0 Å². The van der Waals surface area contributed by atoms with Crippen molar-refractivity contribution in [2.75, 3.05) is 19.8 Å². The highest BCUT2D eigenvalue weighted by molar-refractivity contribution is 4.81. The molecule has 114 valence electrons. The van der Waals surface area contributed by atoms with Crippen LogP contribution in [0.25, 0.3) is 0 Å². The van der Waals surface area contributed by atoms with Gasteiger partial charge in [-0.3, -0.25) is 0 Å². The molecule has 3 N–H and O–H groups in total. The molecule has 0 bridgehead atoms. The fourth-order valence-corrected chi connectivity index (χ4v) is 2.61. The summed E-state index contributed by atoms with van der Waals surface area (Å²) in [5, 5.41) is 22.4. The molecule has 1 aliphatic rings. The number of hydrogen-bond donors (Lipinski definition) is 3. The van der Waals surface area contributed by atoms with E-state index < -0.39 is 6.10 Å². The van der Waals surface area contributed by atoms with Crippen LogP contribution >= 0.6 is 0 Å². The summed E-state index contributed by atoms with van der Waals surface area (Å²) in [6.45, 7) is 7.52. The minimum Gasteiger partial charge on any atom is -0.396 e. The van der Waals surface area contributed by atoms with Crippen LogP contribution in [0.15, 0.2) is 0 Å². The lowest BCUT2D eigenvalue weighted by atomic mass is 9.85. The van der Waals surface area contributed by atoms with Gasteiger partial charge in [0.15, 0.2) is 0 Å². The lowest BCUT2D eigenvalue weighted by Crippen LogP contribution is -2.45. The number of nitrogens with one attached hydrogen (secondary N) is 1. The van der Waals surface area contributed by atoms with E-state index >= 15 is 0 Å². The van der Waals surface area contributed by atoms with Crippen molar-refractivity contribution in [1.82, 2.24) is 5.32 Å². The summed E-state index contributed by atoms with van der Waals surface area (Å²) in [6.07, 6.45) is 5.36. The third kappa shape index (κ3) is 6.70. The molecule has 4 heteroatoms. The topological polar surface area (TPSA) is 61.7 Å². The molecule has 1 rings (SSSR count). The van der Waals surface area contributed by atoms with Crippen LogP contribution in [-0.4, -0.2) is 48.2 Å². The molecule has 0 heterocycles. The fourth-order valence-electron chi connectivity index (χ4n) is 2.61. The van der Waals surface area contributed by atoms with Crippen molar-refractivity contribution in [3.05, 3.63) is 0 Å². The molecule has 0 aromatic rings. The second-order valence-electron chi connectivity index (χ2n) is 6.73. The van der Waals surface area contributed by atoms with Crippen LogP contribution in [0.3, 0.4) is 0 Å². The predicted octanol–water partition coefficient (Wildman–Crippen LogP) is 1.69. The Hall–Kier alpha value is -0.160. The van der Waals surface area contributed by atoms with Crippen LogP contribution in [0.1, 0.15) is 52.9 Å². The first-order valence-corrected chi connectivity index (χ1v) is 7.57. The predicted molar refractivity (Wildman–Crippen MR) is 77.2 cm³/mol. The van der Waals surface area contributed by atoms with Crippen molar-refractivity contribution >= 4 is 0 Å². The highest BCUT2D eigenvalue weighted by Crippen LogP contribution is 2.22. The molecule has 0 saturated heterocycles. The van der Waals surface area contributed by atoms with Crippen molar-refractivity contribution < 1.29 is 14.9 Å². The molecule has 2 atom stereocenters. The van der Waals surface area contributed by atoms with E-state index in [9.17, 15) is 5.11 Å². The molecule has 0 aromatic carbocycles. The summed E-state index contributed by atoms with van der Waals surface area (Å²) in [5.41, 5.74) is 0.0781. The van der Waals surface area contributed by atoms with E-state index in [0.29, 0.717) is 25.7 Å². The highest BCUT2D eigenvalue weighted by atomic mass is 16.5. The van der Waals surface area contributed by atoms with Gasteiger partial charge in [-0.05, 0) is 24.7 Å². The Labute approximate surface area is 117 Å². The molecule has 2 unspecified atom stereocenters. The maximum absolute atomic E-state index is 9.94. The van der Waals surface area contributed by atoms with E-state index in [2.05, 4.69) is 26.1 Å². The zero-order valence-electron chi connectivity index (χ0n) is 12.7. The van der Waals surface area contributed by atoms with Gasteiger partial charge in [0.1, 0.15) is 0 Å². The maximum atomic E-state index is 9.94. The van der Waals surface area contributed by atoms with E-state index in [-0.39, 0.29) is 18.1 Å². The Balaban J connectivity index is 2.20. The van der Waals surface area contributed by atoms with E-state index in [1.807, 2.05) is 0 Å². The Bertz CT molecular complexity index is 234. The van der Waals surface area contributed by atoms with Gasteiger partial charge in [-0.15, -0.1) is 0 Å². The molecular formula is C15H31NO3. The van der Waals surface area contributed by atoms with Crippen molar-refractivity contribution in [2.24, 2.45) is 5.41 Å². The van der Waals surface area contributed by atoms with E-state index in [1.165, 1.54) is 12.8 Å². The summed E-state index contributed by atoms with van der Waals surface area (Å²) in [5.74, 6) is 0. The largest absolute Gasteiger partial charge is 0.396 e. The minimum absolute atomic E-state index is 0.0781. The second kappa shape index (κ2) is 8.20. The second-order valence-corrected chi connectivity index (χ2v) is 6.73. The van der Waals surface area contributed by atoms with Crippen molar-refractivity contribution in [1.29, 1.82) is 0 Å². The van der Waals surface area contributed by atoms with Gasteiger partial charge in [0, 0.05) is 19.2 Å². The Morgan fingerprint density at radius 3 is 2.42 bits per heavy atom. The Morgan fingerprint density at radius 1 is 1.26 bits per heavy atom. The summed E-state index contributed by atoms with van der Waals surface area (Å²) in [4.78, 5) is 0. The standard InChI is InChI=1S/C15H31NO3/c1-15(2,3)14(8-9-17)16-10-12(18)11-19-13-6-4-5-7-13/h12-14,16-18H,4-11H2,1-3H3. The maximum Gasteiger partial charge on any atom is 0.0897 e. The van der Waals surface area contributed by atoms with Gasteiger partial charge in [-0.1, -0.05) is 33.6 Å². The molecule has 0 spiro atoms. The molecule has 0 aromatic heterocycles. The average molecular weight is 273 g/mol. The van der Waals surface area contributed by atoms with E-state index in [1.54, 1.807) is 0 Å². The first-order valence-electron chi connectivity index (χ1n) is 7.57. The highest BCUT2D eigenvalue weighted by Gasteiger charge is 2.24. The zero-order chi connectivity index (χ0) is 14.3. The number of rotatable bonds is 8. The van der Waals surface area contributed by atoms with E-state index in [4.69, 9.17) is 9.84 Å². The van der Waals surface area contributed by atoms with Gasteiger partial charge in [-0.25, -0.2) is 0 Å². The van der Waals surface area contributed by atoms with Crippen molar-refractivity contribution in [3.63, 3.8) is 0 Å². The Kier molecular flexibility index (Phi) is 7.29. The van der Waals surface area contributed by atoms with Crippen LogP contribution in [0, 0.1) is 5.41 Å². The normalized spacial score (nSPS) is 20.7. The van der Waals surface area contributed by atoms with Crippen LogP contribution < -0.4 is 5.32 Å². The first kappa shape index (κ1) is 16.9. The molecule has 1 saturated carbocycles. The monoisotopic (exact) mass is 273 g/mol. The summed E-state index contributed by atoms with van der Waals surface area (Å²) < 4.78 is 5.70. The molecule has 0 aliphatic heterocycles. The number of ether oxygens (including phenoxy) is 1. The van der Waals surface area contributed by atoms with Crippen LogP contribution in [0.5, 0.6) is 0 Å². The average Bonchev–Trinajstić information content (AvgIpc) is 2.83. The third-order valence-corrected chi connectivity index (χ3v) is 3.89. The minimum atomic E-state index is -0.468. The van der Waals surface area contributed by atoms with Crippen LogP contribution in [-0.2, 0) is 4.74 Å². The SMILES string of the molecule is CC(C)(C)C(CCO)NCC(O)COC1CCCC1. The molecule has 0 radical (unpaired) electrons. The lowest BCUT2D eigenvalue weighted by Gasteiger charge is -2.32. The molecular weight excluding hydrogens is 242 g/mol. The van der Waals surface area contributed by atoms with Gasteiger partial charge in [0.05, 0.1) is 18.8 Å². The number of hydrogen-bond acceptors (Lipinski definition) is 4. The quantitative estimate of drug-likeness (QED) is 0.630. The number of aliphatic hydroxyl groups is 2. The van der Waals surface area contributed by atoms with Crippen LogP contribution in [0.4, 0.5) is 0 Å². The van der Waals surface area contributed by atoms with E-state index in [0.717, 1.165) is 12.8 Å². The van der Waals surface area contributed by atoms with Crippen LogP contribution in [0.2, 0.25) is 0 Å². The fraction of sp³-hybridized carbons (Fsp3) is 1.00. The molecule has 1 aliphatic carbocycles. The summed E-state index contributed by atoms with van der Waals surface area (Å²) in [6, 6.07) is 0.207. The third-order valence-electron chi connectivity index (χ3n) is 3.89. The smallest absolute Gasteiger partial charge is 0.0897 e. The van der Waals surface area contributed by atoms with Crippen molar-refractivity contribution in [2.45, 2.75) is 71.1 Å². The molecule has 1 fully saturated rings. The van der Waals surface area contributed by atoms with Gasteiger partial charge in [0.2, 0.25) is 0 Å². The molecule has 0 amide bonds. The first-order chi connectivity index (χ1) is 8.93. The van der Waals surface area contributed by atoms with Gasteiger partial charge >= 0.3 is 0 Å². The zero-order valence-corrected chi connectivity index (χ0v) is 12.7. The summed E-state index contributed by atoms with van der Waals surface area (Å²) in [7, 11) is 0. The van der Waals surface area contributed by atoms with Gasteiger partial charge < -0.3 is 20.3 Å². The lowest BCUT2D eigenvalue weighted by molar-refractivity contribution is -0.00786. The Morgan fingerprint density at radius 2 is 1.89 bits per heavy atom. The van der Waals surface area contributed by atoms with Gasteiger partial charge in [0.25, 0.3) is 0 Å². The molecule has 19 heavy (non-hydrogen) atoms. The molecule has 4 nitrogen and oxygen atoms in total. The summed E-state index contributed by atoms with van der Waals surface area (Å²) >= 11 is 0. The number of aliphatic hydroxyl groups excluding tert-OH is 2.